The highest BCUT2D eigenvalue weighted by molar-refractivity contribution is 6.31. The van der Waals surface area contributed by atoms with Crippen LogP contribution in [0.5, 0.6) is 5.75 Å². The van der Waals surface area contributed by atoms with E-state index in [-0.39, 0.29) is 0 Å². The molecule has 3 heteroatoms. The van der Waals surface area contributed by atoms with E-state index < -0.39 is 0 Å². The molecular formula is C8H7ClO2. The lowest BCUT2D eigenvalue weighted by Crippen LogP contribution is -1.91. The Bertz CT molecular complexity index is 271. The number of hydrogen-bond acceptors (Lipinski definition) is 2. The van der Waals surface area contributed by atoms with E-state index in [0.717, 1.165) is 5.56 Å². The van der Waals surface area contributed by atoms with Gasteiger partial charge in [-0.1, -0.05) is 17.7 Å². The van der Waals surface area contributed by atoms with Crippen molar-refractivity contribution < 1.29 is 9.53 Å². The molecule has 0 spiro atoms. The van der Waals surface area contributed by atoms with Crippen LogP contribution < -0.4 is 4.74 Å². The van der Waals surface area contributed by atoms with Crippen LogP contribution in [0.4, 0.5) is 0 Å². The quantitative estimate of drug-likeness (QED) is 0.636. The molecule has 1 rings (SSSR count). The topological polar surface area (TPSA) is 26.3 Å². The van der Waals surface area contributed by atoms with Crippen molar-refractivity contribution in [3.05, 3.63) is 28.8 Å². The van der Waals surface area contributed by atoms with Gasteiger partial charge in [0.25, 0.3) is 6.47 Å². The van der Waals surface area contributed by atoms with Crippen molar-refractivity contribution in [1.29, 1.82) is 0 Å². The number of carbonyl (C=O) groups is 1. The van der Waals surface area contributed by atoms with Crippen LogP contribution in [-0.2, 0) is 4.79 Å². The zero-order valence-electron chi connectivity index (χ0n) is 6.00. The summed E-state index contributed by atoms with van der Waals surface area (Å²) < 4.78 is 4.65. The second-order valence-corrected chi connectivity index (χ2v) is 2.48. The standard InChI is InChI=1S/C8H7ClO2/c1-6-7(9)3-2-4-8(6)11-5-10/h2-5H,1H3. The van der Waals surface area contributed by atoms with Crippen molar-refractivity contribution in [2.45, 2.75) is 6.92 Å². The van der Waals surface area contributed by atoms with Crippen molar-refractivity contribution in [2.24, 2.45) is 0 Å². The molecular weight excluding hydrogens is 164 g/mol. The van der Waals surface area contributed by atoms with E-state index in [2.05, 4.69) is 4.74 Å². The number of halogens is 1. The highest BCUT2D eigenvalue weighted by atomic mass is 35.5. The summed E-state index contributed by atoms with van der Waals surface area (Å²) in [6, 6.07) is 5.17. The molecule has 11 heavy (non-hydrogen) atoms. The average molecular weight is 171 g/mol. The maximum atomic E-state index is 9.97. The van der Waals surface area contributed by atoms with Gasteiger partial charge in [-0.2, -0.15) is 0 Å². The van der Waals surface area contributed by atoms with E-state index in [0.29, 0.717) is 17.2 Å². The Hall–Kier alpha value is -1.02. The van der Waals surface area contributed by atoms with Gasteiger partial charge in [0.05, 0.1) is 0 Å². The Morgan fingerprint density at radius 2 is 2.27 bits per heavy atom. The molecule has 0 aromatic heterocycles. The Balaban J connectivity index is 3.05. The van der Waals surface area contributed by atoms with Gasteiger partial charge in [0.15, 0.2) is 0 Å². The van der Waals surface area contributed by atoms with E-state index in [4.69, 9.17) is 11.6 Å². The summed E-state index contributed by atoms with van der Waals surface area (Å²) in [4.78, 5) is 9.97. The van der Waals surface area contributed by atoms with Crippen molar-refractivity contribution in [3.63, 3.8) is 0 Å². The smallest absolute Gasteiger partial charge is 0.298 e. The molecule has 0 fully saturated rings. The van der Waals surface area contributed by atoms with Crippen LogP contribution in [-0.4, -0.2) is 6.47 Å². The van der Waals surface area contributed by atoms with Crippen LogP contribution in [0.2, 0.25) is 5.02 Å². The van der Waals surface area contributed by atoms with Gasteiger partial charge >= 0.3 is 0 Å². The van der Waals surface area contributed by atoms with Gasteiger partial charge in [-0.25, -0.2) is 0 Å². The van der Waals surface area contributed by atoms with Crippen molar-refractivity contribution in [3.8, 4) is 5.75 Å². The lowest BCUT2D eigenvalue weighted by atomic mass is 10.2. The van der Waals surface area contributed by atoms with Crippen LogP contribution in [0.3, 0.4) is 0 Å². The molecule has 0 radical (unpaired) electrons. The second kappa shape index (κ2) is 3.39. The molecule has 58 valence electrons. The van der Waals surface area contributed by atoms with Crippen LogP contribution in [0.1, 0.15) is 5.56 Å². The first-order chi connectivity index (χ1) is 5.25. The fourth-order valence-corrected chi connectivity index (χ4v) is 0.933. The summed E-state index contributed by atoms with van der Waals surface area (Å²) in [5.74, 6) is 0.507. The van der Waals surface area contributed by atoms with Crippen LogP contribution >= 0.6 is 11.6 Å². The average Bonchev–Trinajstić information content (AvgIpc) is 1.99. The molecule has 0 aliphatic carbocycles. The first kappa shape index (κ1) is 8.08. The fourth-order valence-electron chi connectivity index (χ4n) is 0.767. The third-order valence-corrected chi connectivity index (χ3v) is 1.80. The molecule has 0 bridgehead atoms. The van der Waals surface area contributed by atoms with E-state index >= 15 is 0 Å². The normalized spacial score (nSPS) is 9.27. The molecule has 0 amide bonds. The van der Waals surface area contributed by atoms with Crippen molar-refractivity contribution in [2.75, 3.05) is 0 Å². The van der Waals surface area contributed by atoms with Gasteiger partial charge < -0.3 is 4.74 Å². The SMILES string of the molecule is Cc1c(Cl)cccc1OC=O. The Kier molecular flexibility index (Phi) is 2.49. The maximum absolute atomic E-state index is 9.97. The predicted molar refractivity (Wildman–Crippen MR) is 42.9 cm³/mol. The molecule has 0 aliphatic rings. The zero-order valence-corrected chi connectivity index (χ0v) is 6.76. The molecule has 0 atom stereocenters. The Labute approximate surface area is 69.7 Å². The monoisotopic (exact) mass is 170 g/mol. The number of ether oxygens (including phenoxy) is 1. The lowest BCUT2D eigenvalue weighted by Gasteiger charge is -2.02. The van der Waals surface area contributed by atoms with E-state index in [1.807, 2.05) is 0 Å². The van der Waals surface area contributed by atoms with Crippen LogP contribution in [0, 0.1) is 6.92 Å². The number of carbonyl (C=O) groups excluding carboxylic acids is 1. The molecule has 0 saturated heterocycles. The van der Waals surface area contributed by atoms with Gasteiger partial charge in [-0.3, -0.25) is 4.79 Å². The minimum absolute atomic E-state index is 0.388. The first-order valence-electron chi connectivity index (χ1n) is 3.11. The minimum atomic E-state index is 0.388. The van der Waals surface area contributed by atoms with E-state index in [1.165, 1.54) is 0 Å². The van der Waals surface area contributed by atoms with Gasteiger partial charge in [0, 0.05) is 10.6 Å². The van der Waals surface area contributed by atoms with Gasteiger partial charge in [0.1, 0.15) is 5.75 Å². The third-order valence-electron chi connectivity index (χ3n) is 1.39. The molecule has 1 aromatic carbocycles. The van der Waals surface area contributed by atoms with Gasteiger partial charge in [-0.15, -0.1) is 0 Å². The third kappa shape index (κ3) is 1.71. The van der Waals surface area contributed by atoms with E-state index in [1.54, 1.807) is 25.1 Å². The van der Waals surface area contributed by atoms with Crippen molar-refractivity contribution in [1.82, 2.24) is 0 Å². The van der Waals surface area contributed by atoms with Crippen LogP contribution in [0.25, 0.3) is 0 Å². The molecule has 0 heterocycles. The fraction of sp³-hybridized carbons (Fsp3) is 0.125. The Morgan fingerprint density at radius 1 is 1.55 bits per heavy atom. The predicted octanol–water partition coefficient (Wildman–Crippen LogP) is 2.18. The number of benzene rings is 1. The second-order valence-electron chi connectivity index (χ2n) is 2.08. The lowest BCUT2D eigenvalue weighted by molar-refractivity contribution is -0.120. The van der Waals surface area contributed by atoms with Gasteiger partial charge in [0.2, 0.25) is 0 Å². The minimum Gasteiger partial charge on any atom is -0.428 e. The van der Waals surface area contributed by atoms with Crippen molar-refractivity contribution >= 4 is 18.1 Å². The van der Waals surface area contributed by atoms with E-state index in [9.17, 15) is 4.79 Å². The summed E-state index contributed by atoms with van der Waals surface area (Å²) in [5.41, 5.74) is 0.779. The summed E-state index contributed by atoms with van der Waals surface area (Å²) >= 11 is 5.75. The van der Waals surface area contributed by atoms with Crippen LogP contribution in [0.15, 0.2) is 18.2 Å². The molecule has 0 N–H and O–H groups in total. The zero-order chi connectivity index (χ0) is 8.27. The molecule has 0 saturated carbocycles. The maximum Gasteiger partial charge on any atom is 0.298 e. The van der Waals surface area contributed by atoms with Gasteiger partial charge in [-0.05, 0) is 19.1 Å². The molecule has 1 aromatic rings. The Morgan fingerprint density at radius 3 is 2.91 bits per heavy atom. The summed E-state index contributed by atoms with van der Waals surface area (Å²) in [7, 11) is 0. The molecule has 2 nitrogen and oxygen atoms in total. The molecule has 0 unspecified atom stereocenters. The number of hydrogen-bond donors (Lipinski definition) is 0. The summed E-state index contributed by atoms with van der Waals surface area (Å²) in [6.45, 7) is 2.18. The first-order valence-corrected chi connectivity index (χ1v) is 3.49. The highest BCUT2D eigenvalue weighted by Gasteiger charge is 2.00. The largest absolute Gasteiger partial charge is 0.428 e. The highest BCUT2D eigenvalue weighted by Crippen LogP contribution is 2.24. The number of rotatable bonds is 2. The molecule has 0 aliphatic heterocycles. The summed E-state index contributed by atoms with van der Waals surface area (Å²) in [5, 5.41) is 0.601. The summed E-state index contributed by atoms with van der Waals surface area (Å²) in [6.07, 6.45) is 0.